The minimum absolute atomic E-state index is 0.0139. The Labute approximate surface area is 113 Å². The lowest BCUT2D eigenvalue weighted by Gasteiger charge is -2.10. The van der Waals surface area contributed by atoms with Crippen molar-refractivity contribution in [1.82, 2.24) is 0 Å². The maximum Gasteiger partial charge on any atom is 0.229 e. The minimum atomic E-state index is -0.0526. The Kier molecular flexibility index (Phi) is 4.76. The summed E-state index contributed by atoms with van der Waals surface area (Å²) in [5.74, 6) is 0.712. The SMILES string of the molecule is CC1CC(C(=O)Nc2ccc(OCCN)cc2)CO1. The number of anilines is 1. The molecule has 1 fully saturated rings. The molecule has 2 unspecified atom stereocenters. The predicted molar refractivity (Wildman–Crippen MR) is 73.1 cm³/mol. The molecule has 1 aliphatic heterocycles. The highest BCUT2D eigenvalue weighted by molar-refractivity contribution is 5.92. The summed E-state index contributed by atoms with van der Waals surface area (Å²) in [5, 5.41) is 2.89. The second kappa shape index (κ2) is 6.54. The number of rotatable bonds is 5. The van der Waals surface area contributed by atoms with Crippen molar-refractivity contribution in [2.75, 3.05) is 25.1 Å². The number of amides is 1. The highest BCUT2D eigenvalue weighted by atomic mass is 16.5. The van der Waals surface area contributed by atoms with Gasteiger partial charge in [-0.1, -0.05) is 0 Å². The van der Waals surface area contributed by atoms with Gasteiger partial charge < -0.3 is 20.5 Å². The molecule has 3 N–H and O–H groups in total. The molecule has 1 saturated heterocycles. The van der Waals surface area contributed by atoms with Crippen LogP contribution in [0.15, 0.2) is 24.3 Å². The molecule has 1 aliphatic rings. The Hall–Kier alpha value is -1.59. The van der Waals surface area contributed by atoms with Crippen molar-refractivity contribution in [3.8, 4) is 5.75 Å². The smallest absolute Gasteiger partial charge is 0.229 e. The highest BCUT2D eigenvalue weighted by Gasteiger charge is 2.28. The molecule has 1 aromatic rings. The summed E-state index contributed by atoms with van der Waals surface area (Å²) in [7, 11) is 0. The third-order valence-electron chi connectivity index (χ3n) is 3.08. The van der Waals surface area contributed by atoms with Crippen LogP contribution in [0.3, 0.4) is 0 Å². The monoisotopic (exact) mass is 264 g/mol. The fraction of sp³-hybridized carbons (Fsp3) is 0.500. The van der Waals surface area contributed by atoms with E-state index in [0.29, 0.717) is 19.8 Å². The molecule has 1 amide bonds. The topological polar surface area (TPSA) is 73.6 Å². The molecule has 1 heterocycles. The highest BCUT2D eigenvalue weighted by Crippen LogP contribution is 2.22. The Morgan fingerprint density at radius 3 is 2.79 bits per heavy atom. The van der Waals surface area contributed by atoms with E-state index in [1.807, 2.05) is 31.2 Å². The van der Waals surface area contributed by atoms with Gasteiger partial charge in [-0.15, -0.1) is 0 Å². The van der Waals surface area contributed by atoms with Crippen LogP contribution in [0.5, 0.6) is 5.75 Å². The predicted octanol–water partition coefficient (Wildman–Crippen LogP) is 1.39. The second-order valence-corrected chi connectivity index (χ2v) is 4.73. The average molecular weight is 264 g/mol. The molecular formula is C14H20N2O3. The summed E-state index contributed by atoms with van der Waals surface area (Å²) < 4.78 is 10.8. The van der Waals surface area contributed by atoms with E-state index < -0.39 is 0 Å². The molecule has 1 aromatic carbocycles. The van der Waals surface area contributed by atoms with Crippen molar-refractivity contribution in [2.24, 2.45) is 11.7 Å². The molecule has 2 atom stereocenters. The molecule has 0 saturated carbocycles. The van der Waals surface area contributed by atoms with Crippen molar-refractivity contribution in [3.63, 3.8) is 0 Å². The summed E-state index contributed by atoms with van der Waals surface area (Å²) in [6.07, 6.45) is 0.951. The third-order valence-corrected chi connectivity index (χ3v) is 3.08. The van der Waals surface area contributed by atoms with Crippen LogP contribution >= 0.6 is 0 Å². The summed E-state index contributed by atoms with van der Waals surface area (Å²) in [5.41, 5.74) is 6.13. The van der Waals surface area contributed by atoms with Gasteiger partial charge in [0.05, 0.1) is 18.6 Å². The Bertz CT molecular complexity index is 419. The number of benzene rings is 1. The van der Waals surface area contributed by atoms with Crippen molar-refractivity contribution < 1.29 is 14.3 Å². The van der Waals surface area contributed by atoms with E-state index in [0.717, 1.165) is 17.9 Å². The molecular weight excluding hydrogens is 244 g/mol. The standard InChI is InChI=1S/C14H20N2O3/c1-10-8-11(9-19-10)14(17)16-12-2-4-13(5-3-12)18-7-6-15/h2-5,10-11H,6-9,15H2,1H3,(H,16,17). The quantitative estimate of drug-likeness (QED) is 0.842. The summed E-state index contributed by atoms with van der Waals surface area (Å²) >= 11 is 0. The van der Waals surface area contributed by atoms with Crippen molar-refractivity contribution in [3.05, 3.63) is 24.3 Å². The van der Waals surface area contributed by atoms with Gasteiger partial charge in [0, 0.05) is 12.2 Å². The molecule has 0 aliphatic carbocycles. The molecule has 2 rings (SSSR count). The van der Waals surface area contributed by atoms with Crippen LogP contribution in [0, 0.1) is 5.92 Å². The largest absolute Gasteiger partial charge is 0.492 e. The van der Waals surface area contributed by atoms with E-state index in [2.05, 4.69) is 5.32 Å². The number of carbonyl (C=O) groups excluding carboxylic acids is 1. The maximum atomic E-state index is 12.0. The van der Waals surface area contributed by atoms with Crippen LogP contribution in [0.2, 0.25) is 0 Å². The van der Waals surface area contributed by atoms with Gasteiger partial charge in [0.2, 0.25) is 5.91 Å². The van der Waals surface area contributed by atoms with Crippen LogP contribution in [-0.4, -0.2) is 31.8 Å². The van der Waals surface area contributed by atoms with E-state index in [-0.39, 0.29) is 17.9 Å². The summed E-state index contributed by atoms with van der Waals surface area (Å²) in [6.45, 7) is 3.46. The first-order valence-electron chi connectivity index (χ1n) is 6.54. The Morgan fingerprint density at radius 1 is 1.47 bits per heavy atom. The Morgan fingerprint density at radius 2 is 2.21 bits per heavy atom. The zero-order chi connectivity index (χ0) is 13.7. The van der Waals surface area contributed by atoms with Gasteiger partial charge in [-0.05, 0) is 37.6 Å². The number of hydrogen-bond acceptors (Lipinski definition) is 4. The fourth-order valence-electron chi connectivity index (χ4n) is 2.06. The Balaban J connectivity index is 1.87. The lowest BCUT2D eigenvalue weighted by molar-refractivity contribution is -0.119. The van der Waals surface area contributed by atoms with Gasteiger partial charge in [-0.3, -0.25) is 4.79 Å². The molecule has 104 valence electrons. The lowest BCUT2D eigenvalue weighted by atomic mass is 10.1. The number of carbonyl (C=O) groups is 1. The van der Waals surface area contributed by atoms with E-state index in [9.17, 15) is 4.79 Å². The van der Waals surface area contributed by atoms with Gasteiger partial charge in [-0.25, -0.2) is 0 Å². The lowest BCUT2D eigenvalue weighted by Crippen LogP contribution is -2.22. The number of hydrogen-bond donors (Lipinski definition) is 2. The first-order chi connectivity index (χ1) is 9.19. The zero-order valence-electron chi connectivity index (χ0n) is 11.1. The zero-order valence-corrected chi connectivity index (χ0v) is 11.1. The first-order valence-corrected chi connectivity index (χ1v) is 6.54. The van der Waals surface area contributed by atoms with Crippen molar-refractivity contribution >= 4 is 11.6 Å². The molecule has 0 bridgehead atoms. The fourth-order valence-corrected chi connectivity index (χ4v) is 2.06. The van der Waals surface area contributed by atoms with E-state index >= 15 is 0 Å². The third kappa shape index (κ3) is 3.94. The van der Waals surface area contributed by atoms with Crippen LogP contribution in [0.1, 0.15) is 13.3 Å². The minimum Gasteiger partial charge on any atom is -0.492 e. The van der Waals surface area contributed by atoms with Gasteiger partial charge in [-0.2, -0.15) is 0 Å². The van der Waals surface area contributed by atoms with Gasteiger partial charge in [0.15, 0.2) is 0 Å². The normalized spacial score (nSPS) is 22.2. The molecule has 0 aromatic heterocycles. The maximum absolute atomic E-state index is 12.0. The van der Waals surface area contributed by atoms with Crippen LogP contribution in [0.25, 0.3) is 0 Å². The van der Waals surface area contributed by atoms with Gasteiger partial charge >= 0.3 is 0 Å². The summed E-state index contributed by atoms with van der Waals surface area (Å²) in [6, 6.07) is 7.28. The van der Waals surface area contributed by atoms with Crippen molar-refractivity contribution in [1.29, 1.82) is 0 Å². The molecule has 5 nitrogen and oxygen atoms in total. The van der Waals surface area contributed by atoms with E-state index in [1.54, 1.807) is 0 Å². The number of nitrogens with one attached hydrogen (secondary N) is 1. The molecule has 19 heavy (non-hydrogen) atoms. The summed E-state index contributed by atoms with van der Waals surface area (Å²) in [4.78, 5) is 12.0. The van der Waals surface area contributed by atoms with Crippen LogP contribution in [-0.2, 0) is 9.53 Å². The second-order valence-electron chi connectivity index (χ2n) is 4.73. The van der Waals surface area contributed by atoms with Gasteiger partial charge in [0.25, 0.3) is 0 Å². The van der Waals surface area contributed by atoms with E-state index in [1.165, 1.54) is 0 Å². The van der Waals surface area contributed by atoms with Crippen LogP contribution < -0.4 is 15.8 Å². The average Bonchev–Trinajstić information content (AvgIpc) is 2.85. The van der Waals surface area contributed by atoms with E-state index in [4.69, 9.17) is 15.2 Å². The van der Waals surface area contributed by atoms with Crippen molar-refractivity contribution in [2.45, 2.75) is 19.4 Å². The van der Waals surface area contributed by atoms with Gasteiger partial charge in [0.1, 0.15) is 12.4 Å². The number of nitrogens with two attached hydrogens (primary N) is 1. The molecule has 0 spiro atoms. The number of ether oxygens (including phenoxy) is 2. The molecule has 0 radical (unpaired) electrons. The van der Waals surface area contributed by atoms with Crippen LogP contribution in [0.4, 0.5) is 5.69 Å². The first kappa shape index (κ1) is 13.8. The molecule has 5 heteroatoms.